The van der Waals surface area contributed by atoms with Crippen molar-refractivity contribution >= 4 is 0 Å². The van der Waals surface area contributed by atoms with Crippen molar-refractivity contribution in [3.8, 4) is 0 Å². The van der Waals surface area contributed by atoms with Crippen LogP contribution in [0.25, 0.3) is 0 Å². The molecule has 0 aromatic heterocycles. The van der Waals surface area contributed by atoms with Crippen molar-refractivity contribution in [3.05, 3.63) is 35.9 Å². The molecule has 0 saturated heterocycles. The van der Waals surface area contributed by atoms with E-state index in [9.17, 15) is 0 Å². The summed E-state index contributed by atoms with van der Waals surface area (Å²) < 4.78 is 0. The van der Waals surface area contributed by atoms with Crippen molar-refractivity contribution < 1.29 is 0 Å². The minimum atomic E-state index is -0.0959. The first-order chi connectivity index (χ1) is 6.02. The quantitative estimate of drug-likeness (QED) is 0.754. The van der Waals surface area contributed by atoms with Crippen molar-refractivity contribution in [2.45, 2.75) is 32.7 Å². The highest BCUT2D eigenvalue weighted by Crippen LogP contribution is 2.18. The molecule has 2 N–H and O–H groups in total. The Morgan fingerprint density at radius 3 is 2.23 bits per heavy atom. The van der Waals surface area contributed by atoms with Gasteiger partial charge < -0.3 is 5.73 Å². The fourth-order valence-corrected chi connectivity index (χ4v) is 1.24. The first-order valence-corrected chi connectivity index (χ1v) is 4.85. The van der Waals surface area contributed by atoms with Gasteiger partial charge in [-0.2, -0.15) is 0 Å². The van der Waals surface area contributed by atoms with E-state index in [2.05, 4.69) is 45.0 Å². The van der Waals surface area contributed by atoms with Gasteiger partial charge in [-0.05, 0) is 24.8 Å². The molecule has 1 aromatic rings. The fourth-order valence-electron chi connectivity index (χ4n) is 1.24. The highest BCUT2D eigenvalue weighted by atomic mass is 14.7. The molecule has 0 amide bonds. The summed E-state index contributed by atoms with van der Waals surface area (Å²) in [5, 5.41) is 0. The van der Waals surface area contributed by atoms with Gasteiger partial charge in [0.05, 0.1) is 0 Å². The molecule has 1 atom stereocenters. The Bertz CT molecular complexity index is 249. The zero-order valence-electron chi connectivity index (χ0n) is 8.75. The third kappa shape index (κ3) is 2.85. The van der Waals surface area contributed by atoms with Gasteiger partial charge in [-0.15, -0.1) is 0 Å². The van der Waals surface area contributed by atoms with E-state index < -0.39 is 0 Å². The van der Waals surface area contributed by atoms with Gasteiger partial charge in [0.25, 0.3) is 0 Å². The number of nitrogens with two attached hydrogens (primary N) is 1. The van der Waals surface area contributed by atoms with Gasteiger partial charge in [0, 0.05) is 5.54 Å². The van der Waals surface area contributed by atoms with Crippen LogP contribution in [0.3, 0.4) is 0 Å². The lowest BCUT2D eigenvalue weighted by Gasteiger charge is -2.29. The number of rotatable bonds is 3. The Kier molecular flexibility index (Phi) is 3.10. The summed E-state index contributed by atoms with van der Waals surface area (Å²) in [5.41, 5.74) is 7.42. The molecule has 1 nitrogen and oxygen atoms in total. The second-order valence-corrected chi connectivity index (χ2v) is 4.32. The second kappa shape index (κ2) is 3.93. The normalized spacial score (nSPS) is 15.8. The zero-order valence-corrected chi connectivity index (χ0v) is 8.75. The lowest BCUT2D eigenvalue weighted by molar-refractivity contribution is 0.338. The van der Waals surface area contributed by atoms with Crippen molar-refractivity contribution in [2.75, 3.05) is 0 Å². The van der Waals surface area contributed by atoms with Crippen LogP contribution >= 0.6 is 0 Å². The van der Waals surface area contributed by atoms with Gasteiger partial charge in [0.1, 0.15) is 0 Å². The molecular weight excluding hydrogens is 158 g/mol. The minimum absolute atomic E-state index is 0.0959. The molecule has 1 heteroatoms. The van der Waals surface area contributed by atoms with Gasteiger partial charge in [-0.25, -0.2) is 0 Å². The summed E-state index contributed by atoms with van der Waals surface area (Å²) in [4.78, 5) is 0. The van der Waals surface area contributed by atoms with Gasteiger partial charge in [-0.3, -0.25) is 0 Å². The van der Waals surface area contributed by atoms with Crippen LogP contribution in [-0.2, 0) is 6.42 Å². The summed E-state index contributed by atoms with van der Waals surface area (Å²) in [6, 6.07) is 10.4. The van der Waals surface area contributed by atoms with Gasteiger partial charge in [0.15, 0.2) is 0 Å². The lowest BCUT2D eigenvalue weighted by atomic mass is 9.84. The standard InChI is InChI=1S/C12H19N/c1-10(2)12(3,13)9-11-7-5-4-6-8-11/h4-8,10H,9,13H2,1-3H3/t12-/m1/s1. The van der Waals surface area contributed by atoms with Crippen LogP contribution < -0.4 is 5.73 Å². The van der Waals surface area contributed by atoms with E-state index in [0.29, 0.717) is 5.92 Å². The molecular formula is C12H19N. The molecule has 0 unspecified atom stereocenters. The highest BCUT2D eigenvalue weighted by molar-refractivity contribution is 5.17. The lowest BCUT2D eigenvalue weighted by Crippen LogP contribution is -2.43. The van der Waals surface area contributed by atoms with E-state index in [0.717, 1.165) is 6.42 Å². The van der Waals surface area contributed by atoms with E-state index >= 15 is 0 Å². The van der Waals surface area contributed by atoms with Crippen molar-refractivity contribution in [2.24, 2.45) is 11.7 Å². The molecule has 0 spiro atoms. The topological polar surface area (TPSA) is 26.0 Å². The molecule has 72 valence electrons. The summed E-state index contributed by atoms with van der Waals surface area (Å²) in [6.07, 6.45) is 0.950. The molecule has 0 fully saturated rings. The second-order valence-electron chi connectivity index (χ2n) is 4.32. The predicted molar refractivity (Wildman–Crippen MR) is 57.6 cm³/mol. The van der Waals surface area contributed by atoms with E-state index in [1.165, 1.54) is 5.56 Å². The summed E-state index contributed by atoms with van der Waals surface area (Å²) in [6.45, 7) is 6.45. The molecule has 13 heavy (non-hydrogen) atoms. The number of hydrogen-bond acceptors (Lipinski definition) is 1. The SMILES string of the molecule is CC(C)[C@](C)(N)Cc1ccccc1. The highest BCUT2D eigenvalue weighted by Gasteiger charge is 2.22. The van der Waals surface area contributed by atoms with Gasteiger partial charge >= 0.3 is 0 Å². The first-order valence-electron chi connectivity index (χ1n) is 4.85. The molecule has 0 aliphatic rings. The minimum Gasteiger partial charge on any atom is -0.325 e. The largest absolute Gasteiger partial charge is 0.325 e. The van der Waals surface area contributed by atoms with Crippen molar-refractivity contribution in [1.82, 2.24) is 0 Å². The Morgan fingerprint density at radius 1 is 1.23 bits per heavy atom. The number of hydrogen-bond donors (Lipinski definition) is 1. The van der Waals surface area contributed by atoms with E-state index in [4.69, 9.17) is 5.73 Å². The van der Waals surface area contributed by atoms with Crippen LogP contribution in [0, 0.1) is 5.92 Å². The van der Waals surface area contributed by atoms with Crippen molar-refractivity contribution in [1.29, 1.82) is 0 Å². The maximum absolute atomic E-state index is 6.19. The summed E-state index contributed by atoms with van der Waals surface area (Å²) in [7, 11) is 0. The van der Waals surface area contributed by atoms with Gasteiger partial charge in [0.2, 0.25) is 0 Å². The van der Waals surface area contributed by atoms with Crippen LogP contribution in [0.15, 0.2) is 30.3 Å². The maximum Gasteiger partial charge on any atom is 0.0189 e. The van der Waals surface area contributed by atoms with Gasteiger partial charge in [-0.1, -0.05) is 44.2 Å². The molecule has 0 saturated carbocycles. The van der Waals surface area contributed by atoms with Crippen molar-refractivity contribution in [3.63, 3.8) is 0 Å². The first kappa shape index (κ1) is 10.3. The smallest absolute Gasteiger partial charge is 0.0189 e. The third-order valence-electron chi connectivity index (χ3n) is 2.75. The van der Waals surface area contributed by atoms with E-state index in [1.807, 2.05) is 6.07 Å². The van der Waals surface area contributed by atoms with Crippen LogP contribution in [0.5, 0.6) is 0 Å². The Hall–Kier alpha value is -0.820. The average molecular weight is 177 g/mol. The van der Waals surface area contributed by atoms with Crippen LogP contribution in [0.1, 0.15) is 26.3 Å². The fraction of sp³-hybridized carbons (Fsp3) is 0.500. The molecule has 0 heterocycles. The predicted octanol–water partition coefficient (Wildman–Crippen LogP) is 2.60. The summed E-state index contributed by atoms with van der Waals surface area (Å²) >= 11 is 0. The molecule has 1 aromatic carbocycles. The van der Waals surface area contributed by atoms with Crippen LogP contribution in [0.2, 0.25) is 0 Å². The maximum atomic E-state index is 6.19. The Balaban J connectivity index is 2.69. The molecule has 0 bridgehead atoms. The molecule has 1 rings (SSSR count). The van der Waals surface area contributed by atoms with E-state index in [-0.39, 0.29) is 5.54 Å². The summed E-state index contributed by atoms with van der Waals surface area (Å²) in [5.74, 6) is 0.507. The van der Waals surface area contributed by atoms with Crippen LogP contribution in [-0.4, -0.2) is 5.54 Å². The molecule has 0 radical (unpaired) electrons. The monoisotopic (exact) mass is 177 g/mol. The molecule has 0 aliphatic carbocycles. The number of benzene rings is 1. The molecule has 0 aliphatic heterocycles. The van der Waals surface area contributed by atoms with E-state index in [1.54, 1.807) is 0 Å². The Labute approximate surface area is 81.0 Å². The Morgan fingerprint density at radius 2 is 1.77 bits per heavy atom. The van der Waals surface area contributed by atoms with Crippen LogP contribution in [0.4, 0.5) is 0 Å². The zero-order chi connectivity index (χ0) is 9.90. The average Bonchev–Trinajstić information content (AvgIpc) is 2.05. The third-order valence-corrected chi connectivity index (χ3v) is 2.75.